The van der Waals surface area contributed by atoms with Crippen molar-refractivity contribution in [3.63, 3.8) is 0 Å². The van der Waals surface area contributed by atoms with Crippen molar-refractivity contribution >= 4 is 23.6 Å². The maximum Gasteiger partial charge on any atom is 0.253 e. The molecule has 0 radical (unpaired) electrons. The molecule has 5 nitrogen and oxygen atoms in total. The van der Waals surface area contributed by atoms with E-state index < -0.39 is 0 Å². The fourth-order valence-electron chi connectivity index (χ4n) is 3.34. The molecule has 1 heterocycles. The molecule has 3 rings (SSSR count). The number of rotatable bonds is 6. The minimum absolute atomic E-state index is 0.0725. The number of ether oxygens (including phenoxy) is 1. The third-order valence-electron chi connectivity index (χ3n) is 5.15. The number of carbonyl (C=O) groups is 2. The predicted molar refractivity (Wildman–Crippen MR) is 121 cm³/mol. The Hall–Kier alpha value is -2.92. The van der Waals surface area contributed by atoms with Gasteiger partial charge in [0.2, 0.25) is 5.91 Å². The molecular weight excluding hydrogens is 376 g/mol. The van der Waals surface area contributed by atoms with Crippen LogP contribution in [0.5, 0.6) is 0 Å². The SMILES string of the molecule is CC(C)(C)c1ccc(/C=C/C(=O)Nc2ccccc2C(=O)NC[C@H]2CCCO2)cc1. The second-order valence-electron chi connectivity index (χ2n) is 8.59. The first-order valence-corrected chi connectivity index (χ1v) is 10.4. The zero-order chi connectivity index (χ0) is 21.6. The van der Waals surface area contributed by atoms with Gasteiger partial charge in [0, 0.05) is 19.2 Å². The summed E-state index contributed by atoms with van der Waals surface area (Å²) in [5.74, 6) is -0.502. The molecule has 158 valence electrons. The lowest BCUT2D eigenvalue weighted by atomic mass is 9.87. The van der Waals surface area contributed by atoms with Crippen LogP contribution in [-0.2, 0) is 14.9 Å². The van der Waals surface area contributed by atoms with E-state index >= 15 is 0 Å². The minimum Gasteiger partial charge on any atom is -0.376 e. The second-order valence-corrected chi connectivity index (χ2v) is 8.59. The molecule has 0 bridgehead atoms. The van der Waals surface area contributed by atoms with E-state index in [1.807, 2.05) is 12.1 Å². The highest BCUT2D eigenvalue weighted by Crippen LogP contribution is 2.22. The summed E-state index contributed by atoms with van der Waals surface area (Å²) in [6.45, 7) is 7.73. The predicted octanol–water partition coefficient (Wildman–Crippen LogP) is 4.54. The molecular formula is C25H30N2O3. The van der Waals surface area contributed by atoms with Crippen LogP contribution in [0.2, 0.25) is 0 Å². The van der Waals surface area contributed by atoms with Gasteiger partial charge < -0.3 is 15.4 Å². The maximum atomic E-state index is 12.6. The number of anilines is 1. The molecule has 30 heavy (non-hydrogen) atoms. The Morgan fingerprint density at radius 2 is 1.83 bits per heavy atom. The Morgan fingerprint density at radius 3 is 2.50 bits per heavy atom. The molecule has 5 heteroatoms. The summed E-state index contributed by atoms with van der Waals surface area (Å²) >= 11 is 0. The molecule has 2 aromatic carbocycles. The molecule has 2 N–H and O–H groups in total. The van der Waals surface area contributed by atoms with Gasteiger partial charge in [-0.2, -0.15) is 0 Å². The first-order chi connectivity index (χ1) is 14.3. The van der Waals surface area contributed by atoms with Gasteiger partial charge in [0.1, 0.15) is 0 Å². The molecule has 2 amide bonds. The van der Waals surface area contributed by atoms with Gasteiger partial charge in [-0.25, -0.2) is 0 Å². The van der Waals surface area contributed by atoms with Crippen molar-refractivity contribution in [2.75, 3.05) is 18.5 Å². The topological polar surface area (TPSA) is 67.4 Å². The number of para-hydroxylation sites is 1. The lowest BCUT2D eigenvalue weighted by Crippen LogP contribution is -2.32. The van der Waals surface area contributed by atoms with Crippen LogP contribution >= 0.6 is 0 Å². The van der Waals surface area contributed by atoms with Gasteiger partial charge in [-0.3, -0.25) is 9.59 Å². The Morgan fingerprint density at radius 1 is 1.10 bits per heavy atom. The van der Waals surface area contributed by atoms with Crippen LogP contribution in [-0.4, -0.2) is 31.1 Å². The van der Waals surface area contributed by atoms with Crippen LogP contribution in [0.4, 0.5) is 5.69 Å². The normalized spacial score (nSPS) is 16.6. The molecule has 1 saturated heterocycles. The maximum absolute atomic E-state index is 12.6. The largest absolute Gasteiger partial charge is 0.376 e. The first-order valence-electron chi connectivity index (χ1n) is 10.4. The Labute approximate surface area is 178 Å². The van der Waals surface area contributed by atoms with Gasteiger partial charge >= 0.3 is 0 Å². The lowest BCUT2D eigenvalue weighted by molar-refractivity contribution is -0.111. The van der Waals surface area contributed by atoms with Crippen molar-refractivity contribution in [1.82, 2.24) is 5.32 Å². The lowest BCUT2D eigenvalue weighted by Gasteiger charge is -2.18. The van der Waals surface area contributed by atoms with Gasteiger partial charge in [0.05, 0.1) is 17.4 Å². The molecule has 0 aliphatic carbocycles. The van der Waals surface area contributed by atoms with E-state index in [1.165, 1.54) is 11.6 Å². The van der Waals surface area contributed by atoms with Crippen molar-refractivity contribution < 1.29 is 14.3 Å². The van der Waals surface area contributed by atoms with Crippen molar-refractivity contribution in [2.45, 2.75) is 45.1 Å². The molecule has 0 spiro atoms. The quantitative estimate of drug-likeness (QED) is 0.692. The van der Waals surface area contributed by atoms with Crippen LogP contribution in [0.3, 0.4) is 0 Å². The van der Waals surface area contributed by atoms with E-state index in [1.54, 1.807) is 30.3 Å². The van der Waals surface area contributed by atoms with Gasteiger partial charge in [0.25, 0.3) is 5.91 Å². The summed E-state index contributed by atoms with van der Waals surface area (Å²) in [5.41, 5.74) is 3.20. The van der Waals surface area contributed by atoms with E-state index in [0.29, 0.717) is 17.8 Å². The standard InChI is InChI=1S/C25H30N2O3/c1-25(2,3)19-13-10-18(11-14-19)12-15-23(28)27-22-9-5-4-8-21(22)24(29)26-17-20-7-6-16-30-20/h4-5,8-15,20H,6-7,16-17H2,1-3H3,(H,26,29)(H,27,28)/b15-12+/t20-/m1/s1. The van der Waals surface area contributed by atoms with Crippen LogP contribution in [0.1, 0.15) is 55.1 Å². The zero-order valence-corrected chi connectivity index (χ0v) is 17.9. The molecule has 0 saturated carbocycles. The highest BCUT2D eigenvalue weighted by Gasteiger charge is 2.18. The number of carbonyl (C=O) groups excluding carboxylic acids is 2. The molecule has 2 aromatic rings. The molecule has 1 aliphatic heterocycles. The van der Waals surface area contributed by atoms with Crippen LogP contribution < -0.4 is 10.6 Å². The molecule has 0 aromatic heterocycles. The van der Waals surface area contributed by atoms with Crippen LogP contribution in [0.25, 0.3) is 6.08 Å². The van der Waals surface area contributed by atoms with E-state index in [0.717, 1.165) is 25.0 Å². The summed E-state index contributed by atoms with van der Waals surface area (Å²) in [6.07, 6.45) is 5.30. The van der Waals surface area contributed by atoms with Gasteiger partial charge in [0.15, 0.2) is 0 Å². The number of hydrogen-bond donors (Lipinski definition) is 2. The Bertz CT molecular complexity index is 905. The molecule has 0 unspecified atom stereocenters. The van der Waals surface area contributed by atoms with E-state index in [4.69, 9.17) is 4.74 Å². The molecule has 1 fully saturated rings. The molecule has 1 atom stereocenters. The fourth-order valence-corrected chi connectivity index (χ4v) is 3.34. The monoisotopic (exact) mass is 406 g/mol. The summed E-state index contributed by atoms with van der Waals surface area (Å²) in [6, 6.07) is 15.1. The van der Waals surface area contributed by atoms with Crippen LogP contribution in [0, 0.1) is 0 Å². The van der Waals surface area contributed by atoms with E-state index in [-0.39, 0.29) is 23.3 Å². The highest BCUT2D eigenvalue weighted by molar-refractivity contribution is 6.07. The number of hydrogen-bond acceptors (Lipinski definition) is 3. The first kappa shape index (κ1) is 21.8. The number of benzene rings is 2. The second kappa shape index (κ2) is 9.72. The van der Waals surface area contributed by atoms with Crippen molar-refractivity contribution in [1.29, 1.82) is 0 Å². The third kappa shape index (κ3) is 6.04. The van der Waals surface area contributed by atoms with Crippen molar-refractivity contribution in [3.05, 3.63) is 71.3 Å². The van der Waals surface area contributed by atoms with Crippen molar-refractivity contribution in [2.24, 2.45) is 0 Å². The summed E-state index contributed by atoms with van der Waals surface area (Å²) in [7, 11) is 0. The third-order valence-corrected chi connectivity index (χ3v) is 5.15. The van der Waals surface area contributed by atoms with E-state index in [9.17, 15) is 9.59 Å². The summed E-state index contributed by atoms with van der Waals surface area (Å²) in [5, 5.41) is 5.70. The average Bonchev–Trinajstić information content (AvgIpc) is 3.24. The van der Waals surface area contributed by atoms with Crippen LogP contribution in [0.15, 0.2) is 54.6 Å². The average molecular weight is 407 g/mol. The van der Waals surface area contributed by atoms with Gasteiger partial charge in [-0.15, -0.1) is 0 Å². The highest BCUT2D eigenvalue weighted by atomic mass is 16.5. The number of amides is 2. The Balaban J connectivity index is 1.61. The Kier molecular flexibility index (Phi) is 7.06. The van der Waals surface area contributed by atoms with Gasteiger partial charge in [-0.1, -0.05) is 57.2 Å². The zero-order valence-electron chi connectivity index (χ0n) is 17.9. The number of nitrogens with one attached hydrogen (secondary N) is 2. The summed E-state index contributed by atoms with van der Waals surface area (Å²) < 4.78 is 5.54. The van der Waals surface area contributed by atoms with Crippen molar-refractivity contribution in [3.8, 4) is 0 Å². The minimum atomic E-state index is -0.283. The fraction of sp³-hybridized carbons (Fsp3) is 0.360. The summed E-state index contributed by atoms with van der Waals surface area (Å²) in [4.78, 5) is 25.0. The van der Waals surface area contributed by atoms with E-state index in [2.05, 4.69) is 43.5 Å². The van der Waals surface area contributed by atoms with Gasteiger partial charge in [-0.05, 0) is 47.6 Å². The molecule has 1 aliphatic rings. The smallest absolute Gasteiger partial charge is 0.253 e.